The zero-order chi connectivity index (χ0) is 16.7. The van der Waals surface area contributed by atoms with E-state index >= 15 is 0 Å². The molecule has 0 radical (unpaired) electrons. The summed E-state index contributed by atoms with van der Waals surface area (Å²) >= 11 is 0. The number of carbonyl (C=O) groups is 2. The molecule has 0 unspecified atom stereocenters. The van der Waals surface area contributed by atoms with E-state index in [1.165, 1.54) is 29.4 Å². The topological polar surface area (TPSA) is 129 Å². The fourth-order valence-corrected chi connectivity index (χ4v) is 2.23. The van der Waals surface area contributed by atoms with Crippen molar-refractivity contribution in [2.45, 2.75) is 0 Å². The van der Waals surface area contributed by atoms with Crippen LogP contribution in [0.15, 0.2) is 29.5 Å². The first kappa shape index (κ1) is 14.5. The first-order valence-electron chi connectivity index (χ1n) is 6.44. The van der Waals surface area contributed by atoms with Crippen LogP contribution in [0.2, 0.25) is 0 Å². The smallest absolute Gasteiger partial charge is 0.341 e. The molecule has 2 aromatic rings. The fourth-order valence-electron chi connectivity index (χ4n) is 2.23. The van der Waals surface area contributed by atoms with Crippen molar-refractivity contribution in [1.82, 2.24) is 19.5 Å². The van der Waals surface area contributed by atoms with Gasteiger partial charge in [-0.05, 0) is 6.07 Å². The van der Waals surface area contributed by atoms with Crippen molar-refractivity contribution in [1.29, 1.82) is 0 Å². The molecule has 0 saturated carbocycles. The molecule has 2 N–H and O–H groups in total. The average Bonchev–Trinajstić information content (AvgIpc) is 2.54. The number of nitrogens with zero attached hydrogens (tertiary/aromatic N) is 5. The molecule has 0 aliphatic carbocycles. The predicted octanol–water partition coefficient (Wildman–Crippen LogP) is -0.645. The van der Waals surface area contributed by atoms with Gasteiger partial charge in [-0.25, -0.2) is 24.4 Å². The molecule has 1 aliphatic rings. The summed E-state index contributed by atoms with van der Waals surface area (Å²) in [4.78, 5) is 44.6. The first-order chi connectivity index (χ1) is 10.9. The van der Waals surface area contributed by atoms with Crippen LogP contribution in [-0.2, 0) is 0 Å². The Morgan fingerprint density at radius 1 is 1.26 bits per heavy atom. The van der Waals surface area contributed by atoms with E-state index in [9.17, 15) is 19.5 Å². The minimum absolute atomic E-state index is 0.0111. The zero-order valence-corrected chi connectivity index (χ0v) is 11.9. The predicted molar refractivity (Wildman–Crippen MR) is 76.2 cm³/mol. The van der Waals surface area contributed by atoms with Gasteiger partial charge in [-0.1, -0.05) is 0 Å². The molecule has 0 aromatic carbocycles. The summed E-state index contributed by atoms with van der Waals surface area (Å²) < 4.78 is 1.08. The Morgan fingerprint density at radius 3 is 2.52 bits per heavy atom. The van der Waals surface area contributed by atoms with E-state index in [-0.39, 0.29) is 18.3 Å². The number of hydrogen-bond acceptors (Lipinski definition) is 7. The molecule has 0 bridgehead atoms. The summed E-state index contributed by atoms with van der Waals surface area (Å²) in [6, 6.07) is 1.59. The number of carbonyl (C=O) groups excluding carboxylic acids is 1. The maximum absolute atomic E-state index is 12.2. The first-order valence-corrected chi connectivity index (χ1v) is 6.44. The SMILES string of the molecule is CN1CN(c2ncccn2)n2cc(C(=O)O)c(=O)c(O)c2C1=O. The Balaban J connectivity index is 2.31. The van der Waals surface area contributed by atoms with E-state index in [4.69, 9.17) is 5.11 Å². The molecular weight excluding hydrogens is 306 g/mol. The number of pyridine rings is 1. The van der Waals surface area contributed by atoms with Crippen molar-refractivity contribution in [2.24, 2.45) is 0 Å². The highest BCUT2D eigenvalue weighted by Crippen LogP contribution is 2.23. The van der Waals surface area contributed by atoms with Gasteiger partial charge in [0.15, 0.2) is 11.4 Å². The lowest BCUT2D eigenvalue weighted by atomic mass is 10.2. The molecule has 0 fully saturated rings. The number of carboxylic acids is 1. The van der Waals surface area contributed by atoms with Crippen molar-refractivity contribution in [3.8, 4) is 5.75 Å². The number of hydrogen-bond donors (Lipinski definition) is 2. The summed E-state index contributed by atoms with van der Waals surface area (Å²) in [6.07, 6.45) is 3.92. The molecule has 1 aliphatic heterocycles. The van der Waals surface area contributed by atoms with Gasteiger partial charge >= 0.3 is 5.97 Å². The second kappa shape index (κ2) is 5.09. The number of rotatable bonds is 2. The standard InChI is InChI=1S/C13H11N5O5/c1-16-6-18(13-14-3-2-4-15-13)17-5-7(12(22)23)9(19)10(20)8(17)11(16)21/h2-5,20H,6H2,1H3,(H,22,23). The number of amides is 1. The Hall–Kier alpha value is -3.43. The second-order valence-electron chi connectivity index (χ2n) is 4.81. The van der Waals surface area contributed by atoms with Gasteiger partial charge < -0.3 is 15.1 Å². The van der Waals surface area contributed by atoms with Gasteiger partial charge in [0.1, 0.15) is 12.2 Å². The monoisotopic (exact) mass is 317 g/mol. The number of carboxylic acid groups (broad SMARTS) is 1. The van der Waals surface area contributed by atoms with Gasteiger partial charge in [0.05, 0.1) is 0 Å². The van der Waals surface area contributed by atoms with Gasteiger partial charge in [0.2, 0.25) is 11.4 Å². The van der Waals surface area contributed by atoms with Crippen LogP contribution in [0, 0.1) is 0 Å². The highest BCUT2D eigenvalue weighted by molar-refractivity contribution is 5.97. The Bertz CT molecular complexity index is 863. The maximum atomic E-state index is 12.2. The molecule has 3 rings (SSSR count). The average molecular weight is 317 g/mol. The highest BCUT2D eigenvalue weighted by Gasteiger charge is 2.34. The van der Waals surface area contributed by atoms with Crippen LogP contribution in [0.4, 0.5) is 5.95 Å². The second-order valence-corrected chi connectivity index (χ2v) is 4.81. The Kier molecular flexibility index (Phi) is 3.21. The lowest BCUT2D eigenvalue weighted by molar-refractivity contribution is 0.0684. The lowest BCUT2D eigenvalue weighted by Gasteiger charge is -2.36. The van der Waals surface area contributed by atoms with E-state index in [2.05, 4.69) is 9.97 Å². The maximum Gasteiger partial charge on any atom is 0.341 e. The molecular formula is C13H11N5O5. The van der Waals surface area contributed by atoms with E-state index < -0.39 is 28.6 Å². The van der Waals surface area contributed by atoms with Crippen LogP contribution < -0.4 is 10.4 Å². The van der Waals surface area contributed by atoms with Crippen LogP contribution in [0.1, 0.15) is 20.8 Å². The van der Waals surface area contributed by atoms with Crippen molar-refractivity contribution < 1.29 is 19.8 Å². The third-order valence-electron chi connectivity index (χ3n) is 3.33. The molecule has 10 heteroatoms. The number of fused-ring (bicyclic) bond motifs is 1. The Labute approximate surface area is 128 Å². The van der Waals surface area contributed by atoms with Crippen molar-refractivity contribution >= 4 is 17.8 Å². The summed E-state index contributed by atoms with van der Waals surface area (Å²) in [5, 5.41) is 20.5. The van der Waals surface area contributed by atoms with Gasteiger partial charge in [-0.2, -0.15) is 0 Å². The number of aromatic carboxylic acids is 1. The quantitative estimate of drug-likeness (QED) is 0.748. The summed E-state index contributed by atoms with van der Waals surface area (Å²) in [7, 11) is 1.47. The summed E-state index contributed by atoms with van der Waals surface area (Å²) in [6.45, 7) is 0.0111. The normalized spacial score (nSPS) is 13.9. The van der Waals surface area contributed by atoms with Crippen LogP contribution in [0.3, 0.4) is 0 Å². The molecule has 1 amide bonds. The van der Waals surface area contributed by atoms with Gasteiger partial charge in [-0.15, -0.1) is 0 Å². The Morgan fingerprint density at radius 2 is 1.91 bits per heavy atom. The van der Waals surface area contributed by atoms with Gasteiger partial charge in [0, 0.05) is 25.6 Å². The van der Waals surface area contributed by atoms with E-state index in [0.717, 1.165) is 10.9 Å². The lowest BCUT2D eigenvalue weighted by Crippen LogP contribution is -2.51. The van der Waals surface area contributed by atoms with Crippen molar-refractivity contribution in [3.63, 3.8) is 0 Å². The number of aromatic hydroxyl groups is 1. The van der Waals surface area contributed by atoms with Crippen LogP contribution >= 0.6 is 0 Å². The molecule has 2 aromatic heterocycles. The number of anilines is 1. The molecule has 10 nitrogen and oxygen atoms in total. The third kappa shape index (κ3) is 2.16. The number of aromatic nitrogens is 3. The van der Waals surface area contributed by atoms with E-state index in [1.54, 1.807) is 6.07 Å². The van der Waals surface area contributed by atoms with Gasteiger partial charge in [-0.3, -0.25) is 9.59 Å². The summed E-state index contributed by atoms with van der Waals surface area (Å²) in [5.41, 5.74) is -2.13. The minimum atomic E-state index is -1.51. The largest absolute Gasteiger partial charge is 0.502 e. The molecule has 23 heavy (non-hydrogen) atoms. The molecule has 3 heterocycles. The zero-order valence-electron chi connectivity index (χ0n) is 11.9. The van der Waals surface area contributed by atoms with Crippen molar-refractivity contribution in [2.75, 3.05) is 18.7 Å². The molecule has 0 saturated heterocycles. The van der Waals surface area contributed by atoms with Crippen LogP contribution in [-0.4, -0.2) is 55.3 Å². The molecule has 0 atom stereocenters. The summed E-state index contributed by atoms with van der Waals surface area (Å²) in [5.74, 6) is -2.89. The van der Waals surface area contributed by atoms with Crippen molar-refractivity contribution in [3.05, 3.63) is 46.1 Å². The van der Waals surface area contributed by atoms with Gasteiger partial charge in [0.25, 0.3) is 5.91 Å². The minimum Gasteiger partial charge on any atom is -0.502 e. The third-order valence-corrected chi connectivity index (χ3v) is 3.33. The fraction of sp³-hybridized carbons (Fsp3) is 0.154. The van der Waals surface area contributed by atoms with Crippen LogP contribution in [0.5, 0.6) is 5.75 Å². The molecule has 118 valence electrons. The highest BCUT2D eigenvalue weighted by atomic mass is 16.4. The van der Waals surface area contributed by atoms with E-state index in [0.29, 0.717) is 0 Å². The molecule has 0 spiro atoms. The van der Waals surface area contributed by atoms with Crippen LogP contribution in [0.25, 0.3) is 0 Å². The van der Waals surface area contributed by atoms with E-state index in [1.807, 2.05) is 0 Å².